The van der Waals surface area contributed by atoms with Gasteiger partial charge in [-0.15, -0.1) is 0 Å². The van der Waals surface area contributed by atoms with Crippen LogP contribution in [0.25, 0.3) is 0 Å². The van der Waals surface area contributed by atoms with E-state index < -0.39 is 0 Å². The molecule has 0 aromatic heterocycles. The van der Waals surface area contributed by atoms with Crippen LogP contribution in [0.15, 0.2) is 0 Å². The first kappa shape index (κ1) is 11.4. The van der Waals surface area contributed by atoms with Crippen LogP contribution >= 0.6 is 0 Å². The molecule has 2 rings (SSSR count). The summed E-state index contributed by atoms with van der Waals surface area (Å²) >= 11 is 0. The fourth-order valence-electron chi connectivity index (χ4n) is 2.82. The molecule has 1 saturated carbocycles. The summed E-state index contributed by atoms with van der Waals surface area (Å²) in [6, 6.07) is 1.52. The summed E-state index contributed by atoms with van der Waals surface area (Å²) in [6.45, 7) is 3.65. The molecule has 88 valence electrons. The fourth-order valence-corrected chi connectivity index (χ4v) is 2.82. The molecule has 1 aliphatic carbocycles. The molecule has 0 spiro atoms. The highest BCUT2D eigenvalue weighted by atomic mass is 16.3. The zero-order valence-corrected chi connectivity index (χ0v) is 9.86. The van der Waals surface area contributed by atoms with Gasteiger partial charge in [-0.1, -0.05) is 6.42 Å². The van der Waals surface area contributed by atoms with E-state index in [1.165, 1.54) is 45.2 Å². The molecule has 0 amide bonds. The maximum absolute atomic E-state index is 9.14. The summed E-state index contributed by atoms with van der Waals surface area (Å²) in [5, 5.41) is 9.14. The van der Waals surface area contributed by atoms with E-state index in [9.17, 15) is 0 Å². The second-order valence-electron chi connectivity index (χ2n) is 5.08. The molecule has 2 fully saturated rings. The lowest BCUT2D eigenvalue weighted by molar-refractivity contribution is 0.0321. The number of rotatable bonds is 4. The van der Waals surface area contributed by atoms with Crippen molar-refractivity contribution in [2.24, 2.45) is 0 Å². The van der Waals surface area contributed by atoms with Crippen LogP contribution in [0, 0.1) is 0 Å². The highest BCUT2D eigenvalue weighted by Gasteiger charge is 2.31. The molecule has 0 radical (unpaired) electrons. The van der Waals surface area contributed by atoms with Crippen LogP contribution in [0.4, 0.5) is 0 Å². The Labute approximate surface area is 93.1 Å². The molecule has 0 unspecified atom stereocenters. The van der Waals surface area contributed by atoms with Crippen LogP contribution < -0.4 is 0 Å². The van der Waals surface area contributed by atoms with Crippen molar-refractivity contribution in [3.8, 4) is 0 Å². The average molecular weight is 212 g/mol. The molecular weight excluding hydrogens is 188 g/mol. The standard InChI is InChI=1S/C12H24N2O/c1-13-7-5-12(6-8-13)14(9-10-15)11-3-2-4-11/h11-12,15H,2-10H2,1H3. The van der Waals surface area contributed by atoms with E-state index in [-0.39, 0.29) is 0 Å². The third-order valence-electron chi connectivity index (χ3n) is 4.06. The molecule has 1 saturated heterocycles. The summed E-state index contributed by atoms with van der Waals surface area (Å²) in [4.78, 5) is 4.99. The first-order chi connectivity index (χ1) is 7.31. The van der Waals surface area contributed by atoms with Gasteiger partial charge in [0.25, 0.3) is 0 Å². The van der Waals surface area contributed by atoms with Crippen molar-refractivity contribution in [2.75, 3.05) is 33.3 Å². The lowest BCUT2D eigenvalue weighted by Crippen LogP contribution is -2.51. The van der Waals surface area contributed by atoms with Gasteiger partial charge in [-0.2, -0.15) is 0 Å². The van der Waals surface area contributed by atoms with Gasteiger partial charge in [-0.3, -0.25) is 4.90 Å². The predicted octanol–water partition coefficient (Wildman–Crippen LogP) is 0.927. The van der Waals surface area contributed by atoms with E-state index in [2.05, 4.69) is 16.8 Å². The third-order valence-corrected chi connectivity index (χ3v) is 4.06. The lowest BCUT2D eigenvalue weighted by atomic mass is 9.88. The van der Waals surface area contributed by atoms with Crippen molar-refractivity contribution in [1.82, 2.24) is 9.80 Å². The number of piperidine rings is 1. The number of hydrogen-bond donors (Lipinski definition) is 1. The molecule has 0 aromatic rings. The van der Waals surface area contributed by atoms with E-state index in [4.69, 9.17) is 5.11 Å². The monoisotopic (exact) mass is 212 g/mol. The second-order valence-corrected chi connectivity index (χ2v) is 5.08. The number of aliphatic hydroxyl groups is 1. The van der Waals surface area contributed by atoms with Crippen LogP contribution in [0.1, 0.15) is 32.1 Å². The van der Waals surface area contributed by atoms with Crippen LogP contribution in [-0.2, 0) is 0 Å². The van der Waals surface area contributed by atoms with Crippen molar-refractivity contribution in [1.29, 1.82) is 0 Å². The first-order valence-electron chi connectivity index (χ1n) is 6.36. The van der Waals surface area contributed by atoms with Crippen LogP contribution in [0.5, 0.6) is 0 Å². The van der Waals surface area contributed by atoms with E-state index in [1.807, 2.05) is 0 Å². The van der Waals surface area contributed by atoms with E-state index in [0.717, 1.165) is 18.6 Å². The Morgan fingerprint density at radius 1 is 1.13 bits per heavy atom. The Kier molecular flexibility index (Phi) is 4.00. The molecule has 1 N–H and O–H groups in total. The van der Waals surface area contributed by atoms with Crippen LogP contribution in [0.2, 0.25) is 0 Å². The quantitative estimate of drug-likeness (QED) is 0.751. The fraction of sp³-hybridized carbons (Fsp3) is 1.00. The Balaban J connectivity index is 1.86. The number of nitrogens with zero attached hydrogens (tertiary/aromatic N) is 2. The summed E-state index contributed by atoms with van der Waals surface area (Å²) in [5.41, 5.74) is 0. The Morgan fingerprint density at radius 3 is 2.20 bits per heavy atom. The van der Waals surface area contributed by atoms with E-state index >= 15 is 0 Å². The highest BCUT2D eigenvalue weighted by molar-refractivity contribution is 4.87. The summed E-state index contributed by atoms with van der Waals surface area (Å²) < 4.78 is 0. The molecule has 2 aliphatic rings. The van der Waals surface area contributed by atoms with Crippen molar-refractivity contribution < 1.29 is 5.11 Å². The van der Waals surface area contributed by atoms with Gasteiger partial charge < -0.3 is 10.0 Å². The average Bonchev–Trinajstić information content (AvgIpc) is 2.16. The molecule has 1 aliphatic heterocycles. The summed E-state index contributed by atoms with van der Waals surface area (Å²) in [5.74, 6) is 0. The van der Waals surface area contributed by atoms with Crippen LogP contribution in [-0.4, -0.2) is 60.3 Å². The van der Waals surface area contributed by atoms with Crippen molar-refractivity contribution in [3.63, 3.8) is 0 Å². The number of hydrogen-bond acceptors (Lipinski definition) is 3. The maximum atomic E-state index is 9.14. The highest BCUT2D eigenvalue weighted by Crippen LogP contribution is 2.29. The number of aliphatic hydroxyl groups excluding tert-OH is 1. The predicted molar refractivity (Wildman–Crippen MR) is 61.9 cm³/mol. The van der Waals surface area contributed by atoms with Gasteiger partial charge in [-0.25, -0.2) is 0 Å². The molecule has 0 aromatic carbocycles. The maximum Gasteiger partial charge on any atom is 0.0558 e. The minimum atomic E-state index is 0.322. The van der Waals surface area contributed by atoms with Gasteiger partial charge in [0.05, 0.1) is 6.61 Å². The molecule has 15 heavy (non-hydrogen) atoms. The van der Waals surface area contributed by atoms with Crippen molar-refractivity contribution in [2.45, 2.75) is 44.2 Å². The molecule has 0 bridgehead atoms. The van der Waals surface area contributed by atoms with Gasteiger partial charge in [-0.05, 0) is 45.8 Å². The van der Waals surface area contributed by atoms with Gasteiger partial charge >= 0.3 is 0 Å². The molecule has 1 heterocycles. The Morgan fingerprint density at radius 2 is 1.73 bits per heavy atom. The summed E-state index contributed by atoms with van der Waals surface area (Å²) in [6.07, 6.45) is 6.66. The molecule has 0 atom stereocenters. The molecular formula is C12H24N2O. The van der Waals surface area contributed by atoms with Crippen molar-refractivity contribution in [3.05, 3.63) is 0 Å². The van der Waals surface area contributed by atoms with E-state index in [1.54, 1.807) is 0 Å². The summed E-state index contributed by atoms with van der Waals surface area (Å²) in [7, 11) is 2.20. The molecule has 3 heteroatoms. The second kappa shape index (κ2) is 5.28. The minimum Gasteiger partial charge on any atom is -0.395 e. The van der Waals surface area contributed by atoms with E-state index in [0.29, 0.717) is 6.61 Å². The lowest BCUT2D eigenvalue weighted by Gasteiger charge is -2.45. The normalized spacial score (nSPS) is 25.8. The van der Waals surface area contributed by atoms with Gasteiger partial charge in [0.15, 0.2) is 0 Å². The zero-order valence-electron chi connectivity index (χ0n) is 9.86. The van der Waals surface area contributed by atoms with Gasteiger partial charge in [0.1, 0.15) is 0 Å². The third kappa shape index (κ3) is 2.71. The molecule has 3 nitrogen and oxygen atoms in total. The zero-order chi connectivity index (χ0) is 10.7. The topological polar surface area (TPSA) is 26.7 Å². The number of likely N-dealkylation sites (tertiary alicyclic amines) is 1. The Bertz CT molecular complexity index is 186. The Hall–Kier alpha value is -0.120. The van der Waals surface area contributed by atoms with Gasteiger partial charge in [0.2, 0.25) is 0 Å². The smallest absolute Gasteiger partial charge is 0.0558 e. The SMILES string of the molecule is CN1CCC(N(CCO)C2CCC2)CC1. The van der Waals surface area contributed by atoms with Crippen molar-refractivity contribution >= 4 is 0 Å². The first-order valence-corrected chi connectivity index (χ1v) is 6.36. The van der Waals surface area contributed by atoms with Gasteiger partial charge in [0, 0.05) is 18.6 Å². The van der Waals surface area contributed by atoms with Crippen LogP contribution in [0.3, 0.4) is 0 Å². The minimum absolute atomic E-state index is 0.322. The largest absolute Gasteiger partial charge is 0.395 e.